The van der Waals surface area contributed by atoms with E-state index >= 15 is 0 Å². The largest absolute Gasteiger partial charge is 0.481 e. The number of hydrogen-bond acceptors (Lipinski definition) is 3. The van der Waals surface area contributed by atoms with Crippen molar-refractivity contribution in [3.8, 4) is 0 Å². The van der Waals surface area contributed by atoms with E-state index in [4.69, 9.17) is 5.11 Å². The number of carboxylic acids is 1. The zero-order chi connectivity index (χ0) is 17.1. The average Bonchev–Trinajstić information content (AvgIpc) is 2.90. The van der Waals surface area contributed by atoms with Gasteiger partial charge in [-0.3, -0.25) is 14.4 Å². The van der Waals surface area contributed by atoms with Crippen LogP contribution in [0.25, 0.3) is 0 Å². The fraction of sp³-hybridized carbons (Fsp3) is 0.500. The van der Waals surface area contributed by atoms with E-state index in [0.717, 1.165) is 5.69 Å². The van der Waals surface area contributed by atoms with Crippen LogP contribution in [0, 0.1) is 17.8 Å². The molecule has 2 fully saturated rings. The lowest BCUT2D eigenvalue weighted by Gasteiger charge is -2.33. The van der Waals surface area contributed by atoms with Crippen LogP contribution in [0.2, 0.25) is 0 Å². The SMILES string of the molecule is O=C(O)CC1CC(C(=O)NCC2CC(=O)N(c3ccccc3)C2)C1. The van der Waals surface area contributed by atoms with E-state index in [9.17, 15) is 14.4 Å². The fourth-order valence-electron chi connectivity index (χ4n) is 3.53. The normalized spacial score (nSPS) is 26.1. The first-order valence-corrected chi connectivity index (χ1v) is 8.38. The van der Waals surface area contributed by atoms with Crippen molar-refractivity contribution in [1.82, 2.24) is 5.32 Å². The predicted octanol–water partition coefficient (Wildman–Crippen LogP) is 1.66. The second kappa shape index (κ2) is 7.03. The van der Waals surface area contributed by atoms with Gasteiger partial charge in [0.05, 0.1) is 0 Å². The third-order valence-corrected chi connectivity index (χ3v) is 4.91. The molecule has 6 heteroatoms. The van der Waals surface area contributed by atoms with Gasteiger partial charge in [-0.15, -0.1) is 0 Å². The van der Waals surface area contributed by atoms with Crippen LogP contribution in [0.5, 0.6) is 0 Å². The molecule has 2 amide bonds. The van der Waals surface area contributed by atoms with Crippen molar-refractivity contribution in [2.75, 3.05) is 18.0 Å². The van der Waals surface area contributed by atoms with Gasteiger partial charge in [0.2, 0.25) is 11.8 Å². The summed E-state index contributed by atoms with van der Waals surface area (Å²) < 4.78 is 0. The Kier molecular flexibility index (Phi) is 4.83. The minimum atomic E-state index is -0.802. The molecule has 1 aliphatic heterocycles. The summed E-state index contributed by atoms with van der Waals surface area (Å²) in [5.41, 5.74) is 0.895. The van der Waals surface area contributed by atoms with E-state index in [1.54, 1.807) is 4.90 Å². The molecule has 1 aromatic rings. The maximum absolute atomic E-state index is 12.1. The molecule has 2 N–H and O–H groups in total. The molecule has 3 rings (SSSR count). The highest BCUT2D eigenvalue weighted by molar-refractivity contribution is 5.95. The summed E-state index contributed by atoms with van der Waals surface area (Å²) in [5.74, 6) is -0.551. The molecule has 1 aromatic carbocycles. The molecule has 0 radical (unpaired) electrons. The lowest BCUT2D eigenvalue weighted by Crippen LogP contribution is -2.41. The number of benzene rings is 1. The van der Waals surface area contributed by atoms with Crippen LogP contribution < -0.4 is 10.2 Å². The standard InChI is InChI=1S/C18H22N2O4/c21-16-8-13(11-20(16)15-4-2-1-3-5-15)10-19-18(24)14-6-12(7-14)9-17(22)23/h1-5,12-14H,6-11H2,(H,19,24)(H,22,23). The topological polar surface area (TPSA) is 86.7 Å². The van der Waals surface area contributed by atoms with E-state index < -0.39 is 5.97 Å². The smallest absolute Gasteiger partial charge is 0.303 e. The summed E-state index contributed by atoms with van der Waals surface area (Å²) in [6, 6.07) is 9.55. The molecule has 1 saturated carbocycles. The summed E-state index contributed by atoms with van der Waals surface area (Å²) in [4.78, 5) is 36.6. The van der Waals surface area contributed by atoms with Crippen molar-refractivity contribution in [3.05, 3.63) is 30.3 Å². The van der Waals surface area contributed by atoms with Crippen molar-refractivity contribution in [1.29, 1.82) is 0 Å². The number of aliphatic carboxylic acids is 1. The minimum absolute atomic E-state index is 0.0118. The van der Waals surface area contributed by atoms with Gasteiger partial charge in [-0.25, -0.2) is 0 Å². The molecule has 0 aromatic heterocycles. The van der Waals surface area contributed by atoms with Gasteiger partial charge in [-0.1, -0.05) is 18.2 Å². The van der Waals surface area contributed by atoms with Crippen LogP contribution in [0.3, 0.4) is 0 Å². The molecule has 0 bridgehead atoms. The van der Waals surface area contributed by atoms with Gasteiger partial charge >= 0.3 is 5.97 Å². The van der Waals surface area contributed by atoms with E-state index in [2.05, 4.69) is 5.32 Å². The van der Waals surface area contributed by atoms with Crippen LogP contribution in [0.1, 0.15) is 25.7 Å². The van der Waals surface area contributed by atoms with E-state index in [-0.39, 0.29) is 36.0 Å². The third-order valence-electron chi connectivity index (χ3n) is 4.91. The number of para-hydroxylation sites is 1. The van der Waals surface area contributed by atoms with Crippen LogP contribution in [0.4, 0.5) is 5.69 Å². The van der Waals surface area contributed by atoms with Crippen LogP contribution in [-0.4, -0.2) is 36.0 Å². The maximum atomic E-state index is 12.1. The quantitative estimate of drug-likeness (QED) is 0.830. The molecule has 0 spiro atoms. The number of carbonyl (C=O) groups is 3. The molecular weight excluding hydrogens is 308 g/mol. The molecule has 6 nitrogen and oxygen atoms in total. The molecule has 1 unspecified atom stereocenters. The second-order valence-electron chi connectivity index (χ2n) is 6.79. The van der Waals surface area contributed by atoms with Crippen LogP contribution in [0.15, 0.2) is 30.3 Å². The summed E-state index contributed by atoms with van der Waals surface area (Å²) in [6.07, 6.45) is 1.89. The first kappa shape index (κ1) is 16.5. The average molecular weight is 330 g/mol. The lowest BCUT2D eigenvalue weighted by atomic mass is 9.73. The number of nitrogens with zero attached hydrogens (tertiary/aromatic N) is 1. The Morgan fingerprint density at radius 2 is 1.88 bits per heavy atom. The molecule has 24 heavy (non-hydrogen) atoms. The summed E-state index contributed by atoms with van der Waals surface area (Å²) >= 11 is 0. The van der Waals surface area contributed by atoms with Gasteiger partial charge in [0, 0.05) is 43.5 Å². The van der Waals surface area contributed by atoms with Gasteiger partial charge < -0.3 is 15.3 Å². The Bertz CT molecular complexity index is 625. The Labute approximate surface area is 140 Å². The van der Waals surface area contributed by atoms with Gasteiger partial charge in [0.15, 0.2) is 0 Å². The number of carboxylic acid groups (broad SMARTS) is 1. The predicted molar refractivity (Wildman–Crippen MR) is 88.4 cm³/mol. The van der Waals surface area contributed by atoms with Crippen molar-refractivity contribution in [2.24, 2.45) is 17.8 Å². The van der Waals surface area contributed by atoms with E-state index in [1.807, 2.05) is 30.3 Å². The summed E-state index contributed by atoms with van der Waals surface area (Å²) in [7, 11) is 0. The van der Waals surface area contributed by atoms with E-state index in [0.29, 0.717) is 32.4 Å². The fourth-order valence-corrected chi connectivity index (χ4v) is 3.53. The summed E-state index contributed by atoms with van der Waals surface area (Å²) in [6.45, 7) is 1.11. The van der Waals surface area contributed by atoms with Crippen LogP contribution in [-0.2, 0) is 14.4 Å². The highest BCUT2D eigenvalue weighted by Crippen LogP contribution is 2.36. The second-order valence-corrected chi connectivity index (χ2v) is 6.79. The number of nitrogens with one attached hydrogen (secondary N) is 1. The summed E-state index contributed by atoms with van der Waals surface area (Å²) in [5, 5.41) is 11.7. The molecule has 1 aliphatic carbocycles. The van der Waals surface area contributed by atoms with Crippen molar-refractivity contribution in [2.45, 2.75) is 25.7 Å². The molecule has 128 valence electrons. The van der Waals surface area contributed by atoms with Crippen molar-refractivity contribution < 1.29 is 19.5 Å². The minimum Gasteiger partial charge on any atom is -0.481 e. The Morgan fingerprint density at radius 3 is 2.54 bits per heavy atom. The highest BCUT2D eigenvalue weighted by Gasteiger charge is 2.36. The Morgan fingerprint density at radius 1 is 1.17 bits per heavy atom. The Hall–Kier alpha value is -2.37. The number of rotatable bonds is 6. The molecule has 1 atom stereocenters. The number of carbonyl (C=O) groups excluding carboxylic acids is 2. The van der Waals surface area contributed by atoms with Gasteiger partial charge in [-0.2, -0.15) is 0 Å². The third kappa shape index (κ3) is 3.75. The number of hydrogen-bond donors (Lipinski definition) is 2. The first-order chi connectivity index (χ1) is 11.5. The zero-order valence-corrected chi connectivity index (χ0v) is 13.5. The van der Waals surface area contributed by atoms with E-state index in [1.165, 1.54) is 0 Å². The van der Waals surface area contributed by atoms with Gasteiger partial charge in [-0.05, 0) is 30.9 Å². The number of amides is 2. The molecule has 2 aliphatic rings. The van der Waals surface area contributed by atoms with Gasteiger partial charge in [0.25, 0.3) is 0 Å². The lowest BCUT2D eigenvalue weighted by molar-refractivity contribution is -0.141. The van der Waals surface area contributed by atoms with Crippen molar-refractivity contribution in [3.63, 3.8) is 0 Å². The van der Waals surface area contributed by atoms with Gasteiger partial charge in [0.1, 0.15) is 0 Å². The molecule has 1 heterocycles. The molecular formula is C18H22N2O4. The van der Waals surface area contributed by atoms with Crippen molar-refractivity contribution >= 4 is 23.5 Å². The van der Waals surface area contributed by atoms with Crippen LogP contribution >= 0.6 is 0 Å². The first-order valence-electron chi connectivity index (χ1n) is 8.38. The highest BCUT2D eigenvalue weighted by atomic mass is 16.4. The molecule has 1 saturated heterocycles. The Balaban J connectivity index is 1.42. The number of anilines is 1. The monoisotopic (exact) mass is 330 g/mol. The maximum Gasteiger partial charge on any atom is 0.303 e. The zero-order valence-electron chi connectivity index (χ0n) is 13.5.